The highest BCUT2D eigenvalue weighted by Crippen LogP contribution is 2.31. The maximum Gasteiger partial charge on any atom is 0.270 e. The zero-order chi connectivity index (χ0) is 22.1. The third-order valence-corrected chi connectivity index (χ3v) is 6.20. The van der Waals surface area contributed by atoms with E-state index < -0.39 is 5.54 Å². The molecule has 1 amide bonds. The molecule has 2 aromatic carbocycles. The van der Waals surface area contributed by atoms with Gasteiger partial charge in [0.1, 0.15) is 11.4 Å². The molecule has 162 valence electrons. The number of pyridine rings is 1. The summed E-state index contributed by atoms with van der Waals surface area (Å²) in [6.45, 7) is 3.48. The van der Waals surface area contributed by atoms with E-state index in [4.69, 9.17) is 4.74 Å². The minimum Gasteiger partial charge on any atom is -0.497 e. The molecular weight excluding hydrogens is 402 g/mol. The summed E-state index contributed by atoms with van der Waals surface area (Å²) >= 11 is 0. The lowest BCUT2D eigenvalue weighted by Crippen LogP contribution is -2.47. The minimum atomic E-state index is -0.504. The van der Waals surface area contributed by atoms with E-state index in [0.29, 0.717) is 12.2 Å². The molecule has 0 aliphatic carbocycles. The first-order chi connectivity index (χ1) is 15.6. The Morgan fingerprint density at radius 1 is 1.12 bits per heavy atom. The first-order valence-electron chi connectivity index (χ1n) is 10.7. The van der Waals surface area contributed by atoms with Crippen LogP contribution in [0.3, 0.4) is 0 Å². The Kier molecular flexibility index (Phi) is 5.11. The Labute approximate surface area is 186 Å². The summed E-state index contributed by atoms with van der Waals surface area (Å²) < 4.78 is 5.39. The van der Waals surface area contributed by atoms with Crippen LogP contribution < -0.4 is 15.4 Å². The van der Waals surface area contributed by atoms with Crippen molar-refractivity contribution in [2.75, 3.05) is 20.2 Å². The number of aromatic nitrogens is 3. The zero-order valence-corrected chi connectivity index (χ0v) is 18.1. The number of benzene rings is 2. The summed E-state index contributed by atoms with van der Waals surface area (Å²) in [4.78, 5) is 17.7. The van der Waals surface area contributed by atoms with Crippen LogP contribution in [0.1, 0.15) is 28.2 Å². The number of ether oxygens (including phenoxy) is 1. The number of methoxy groups -OCH3 is 1. The Morgan fingerprint density at radius 2 is 2.00 bits per heavy atom. The van der Waals surface area contributed by atoms with Crippen LogP contribution in [-0.2, 0) is 5.54 Å². The predicted octanol–water partition coefficient (Wildman–Crippen LogP) is 3.56. The van der Waals surface area contributed by atoms with Crippen molar-refractivity contribution in [1.29, 1.82) is 0 Å². The Balaban J connectivity index is 1.45. The number of rotatable bonds is 5. The molecule has 1 aliphatic rings. The minimum absolute atomic E-state index is 0.195. The lowest BCUT2D eigenvalue weighted by atomic mass is 9.88. The van der Waals surface area contributed by atoms with E-state index in [9.17, 15) is 4.79 Å². The second kappa shape index (κ2) is 8.09. The molecule has 7 nitrogen and oxygen atoms in total. The predicted molar refractivity (Wildman–Crippen MR) is 124 cm³/mol. The standard InChI is InChI=1S/C25H25N5O2/c1-16-21-12-17(6-7-22(21)30-29-16)18-8-10-27-23(13-18)24(31)28-25(9-11-26-15-25)19-4-3-5-20(14-19)32-2/h3-8,10,12-14,26H,9,11,15H2,1-2H3,(H,28,31)(H,29,30). The van der Waals surface area contributed by atoms with Gasteiger partial charge in [-0.1, -0.05) is 18.2 Å². The fourth-order valence-electron chi connectivity index (χ4n) is 4.37. The van der Waals surface area contributed by atoms with Gasteiger partial charge in [0, 0.05) is 23.8 Å². The molecule has 1 saturated heterocycles. The van der Waals surface area contributed by atoms with Crippen molar-refractivity contribution in [2.45, 2.75) is 18.9 Å². The van der Waals surface area contributed by atoms with Gasteiger partial charge in [-0.05, 0) is 73.0 Å². The molecule has 0 radical (unpaired) electrons. The Hall–Kier alpha value is -3.71. The summed E-state index contributed by atoms with van der Waals surface area (Å²) in [6, 6.07) is 17.7. The van der Waals surface area contributed by atoms with Crippen molar-refractivity contribution in [3.63, 3.8) is 0 Å². The Bertz CT molecular complexity index is 1290. The maximum absolute atomic E-state index is 13.3. The third kappa shape index (κ3) is 3.61. The summed E-state index contributed by atoms with van der Waals surface area (Å²) in [5.41, 5.74) is 4.80. The van der Waals surface area contributed by atoms with Crippen LogP contribution in [0.2, 0.25) is 0 Å². The largest absolute Gasteiger partial charge is 0.497 e. The number of nitrogens with one attached hydrogen (secondary N) is 3. The summed E-state index contributed by atoms with van der Waals surface area (Å²) in [5, 5.41) is 15.0. The van der Waals surface area contributed by atoms with Crippen LogP contribution >= 0.6 is 0 Å². The van der Waals surface area contributed by atoms with Crippen LogP contribution in [0.15, 0.2) is 60.8 Å². The van der Waals surface area contributed by atoms with Crippen molar-refractivity contribution in [1.82, 2.24) is 25.8 Å². The van der Waals surface area contributed by atoms with Crippen LogP contribution in [0.5, 0.6) is 5.75 Å². The molecule has 1 unspecified atom stereocenters. The lowest BCUT2D eigenvalue weighted by Gasteiger charge is -2.30. The summed E-state index contributed by atoms with van der Waals surface area (Å²) in [6.07, 6.45) is 2.48. The lowest BCUT2D eigenvalue weighted by molar-refractivity contribution is 0.0899. The van der Waals surface area contributed by atoms with Crippen LogP contribution in [-0.4, -0.2) is 41.3 Å². The van der Waals surface area contributed by atoms with Gasteiger partial charge in [-0.3, -0.25) is 14.9 Å². The highest BCUT2D eigenvalue weighted by molar-refractivity contribution is 5.94. The highest BCUT2D eigenvalue weighted by atomic mass is 16.5. The fraction of sp³-hybridized carbons (Fsp3) is 0.240. The van der Waals surface area contributed by atoms with Gasteiger partial charge in [0.2, 0.25) is 0 Å². The molecule has 7 heteroatoms. The molecule has 0 saturated carbocycles. The molecule has 2 aromatic heterocycles. The molecule has 3 N–H and O–H groups in total. The van der Waals surface area contributed by atoms with E-state index in [1.165, 1.54) is 0 Å². The van der Waals surface area contributed by atoms with E-state index in [2.05, 4.69) is 31.9 Å². The van der Waals surface area contributed by atoms with Crippen LogP contribution in [0.4, 0.5) is 0 Å². The first kappa shape index (κ1) is 20.2. The van der Waals surface area contributed by atoms with E-state index in [-0.39, 0.29) is 5.91 Å². The van der Waals surface area contributed by atoms with Crippen molar-refractivity contribution in [2.24, 2.45) is 0 Å². The Morgan fingerprint density at radius 3 is 2.81 bits per heavy atom. The second-order valence-corrected chi connectivity index (χ2v) is 8.21. The molecular formula is C25H25N5O2. The molecule has 5 rings (SSSR count). The van der Waals surface area contributed by atoms with Gasteiger partial charge in [-0.25, -0.2) is 0 Å². The van der Waals surface area contributed by atoms with Gasteiger partial charge in [-0.2, -0.15) is 5.10 Å². The number of hydrogen-bond donors (Lipinski definition) is 3. The maximum atomic E-state index is 13.3. The third-order valence-electron chi connectivity index (χ3n) is 6.20. The van der Waals surface area contributed by atoms with Crippen LogP contribution in [0.25, 0.3) is 22.0 Å². The number of amides is 1. The van der Waals surface area contributed by atoms with Gasteiger partial charge >= 0.3 is 0 Å². The number of nitrogens with zero attached hydrogens (tertiary/aromatic N) is 2. The summed E-state index contributed by atoms with van der Waals surface area (Å²) in [5.74, 6) is 0.576. The van der Waals surface area contributed by atoms with Crippen molar-refractivity contribution in [3.05, 3.63) is 77.7 Å². The topological polar surface area (TPSA) is 91.9 Å². The summed E-state index contributed by atoms with van der Waals surface area (Å²) in [7, 11) is 1.65. The first-order valence-corrected chi connectivity index (χ1v) is 10.7. The van der Waals surface area contributed by atoms with Gasteiger partial charge in [-0.15, -0.1) is 0 Å². The van der Waals surface area contributed by atoms with Crippen molar-refractivity contribution >= 4 is 16.8 Å². The zero-order valence-electron chi connectivity index (χ0n) is 18.1. The van der Waals surface area contributed by atoms with E-state index >= 15 is 0 Å². The molecule has 1 atom stereocenters. The molecule has 0 bridgehead atoms. The fourth-order valence-corrected chi connectivity index (χ4v) is 4.37. The molecule has 0 spiro atoms. The number of H-pyrrole nitrogens is 1. The normalized spacial score (nSPS) is 18.1. The average Bonchev–Trinajstić information content (AvgIpc) is 3.46. The number of aromatic amines is 1. The van der Waals surface area contributed by atoms with Crippen molar-refractivity contribution < 1.29 is 9.53 Å². The van der Waals surface area contributed by atoms with Gasteiger partial charge < -0.3 is 15.4 Å². The molecule has 1 aliphatic heterocycles. The van der Waals surface area contributed by atoms with E-state index in [0.717, 1.165) is 52.0 Å². The quantitative estimate of drug-likeness (QED) is 0.453. The molecule has 4 aromatic rings. The smallest absolute Gasteiger partial charge is 0.270 e. The molecule has 32 heavy (non-hydrogen) atoms. The number of carbonyl (C=O) groups is 1. The number of hydrogen-bond acceptors (Lipinski definition) is 5. The second-order valence-electron chi connectivity index (χ2n) is 8.21. The molecule has 3 heterocycles. The van der Waals surface area contributed by atoms with E-state index in [1.807, 2.05) is 55.5 Å². The highest BCUT2D eigenvalue weighted by Gasteiger charge is 2.37. The van der Waals surface area contributed by atoms with E-state index in [1.54, 1.807) is 13.3 Å². The number of fused-ring (bicyclic) bond motifs is 1. The van der Waals surface area contributed by atoms with Gasteiger partial charge in [0.25, 0.3) is 5.91 Å². The number of carbonyl (C=O) groups excluding carboxylic acids is 1. The van der Waals surface area contributed by atoms with Gasteiger partial charge in [0.05, 0.1) is 18.2 Å². The monoisotopic (exact) mass is 427 g/mol. The van der Waals surface area contributed by atoms with Crippen molar-refractivity contribution in [3.8, 4) is 16.9 Å². The average molecular weight is 428 g/mol. The number of aryl methyl sites for hydroxylation is 1. The van der Waals surface area contributed by atoms with Gasteiger partial charge in [0.15, 0.2) is 0 Å². The SMILES string of the molecule is COc1cccc(C2(NC(=O)c3cc(-c4ccc5n[nH]c(C)c5c4)ccn3)CCNC2)c1. The van der Waals surface area contributed by atoms with Crippen LogP contribution in [0, 0.1) is 6.92 Å². The molecule has 1 fully saturated rings.